The number of carboxylic acid groups (broad SMARTS) is 1. The third-order valence-electron chi connectivity index (χ3n) is 5.36. The maximum atomic E-state index is 13.2. The summed E-state index contributed by atoms with van der Waals surface area (Å²) in [6.45, 7) is 0. The van der Waals surface area contributed by atoms with Crippen LogP contribution >= 0.6 is 11.3 Å². The Morgan fingerprint density at radius 1 is 1.24 bits per heavy atom. The van der Waals surface area contributed by atoms with E-state index in [1.54, 1.807) is 28.2 Å². The van der Waals surface area contributed by atoms with Crippen molar-refractivity contribution in [3.63, 3.8) is 0 Å². The zero-order valence-electron chi connectivity index (χ0n) is 15.2. The van der Waals surface area contributed by atoms with Gasteiger partial charge in [-0.2, -0.15) is 4.98 Å². The smallest absolute Gasteiger partial charge is 0.335 e. The Bertz CT molecular complexity index is 1150. The molecule has 0 unspecified atom stereocenters. The summed E-state index contributed by atoms with van der Waals surface area (Å²) in [6, 6.07) is 10.0. The minimum absolute atomic E-state index is 0.0455. The largest absolute Gasteiger partial charge is 0.478 e. The monoisotopic (exact) mass is 407 g/mol. The van der Waals surface area contributed by atoms with Gasteiger partial charge in [-0.05, 0) is 35.6 Å². The van der Waals surface area contributed by atoms with Crippen LogP contribution in [0.1, 0.15) is 45.6 Å². The standard InChI is InChI=1S/C20H17N5O3S/c21-19-23-20-22-13-8-12(15-2-1-7-29-15)9-14(26)16(13)17(25(20)24-19)10-3-5-11(6-4-10)18(27)28/h1-7,12,17H,8-9H2,(H,27,28)(H3,21,22,23,24)/t12-,17+/m1/s1. The lowest BCUT2D eigenvalue weighted by atomic mass is 9.80. The Labute approximate surface area is 169 Å². The maximum Gasteiger partial charge on any atom is 0.335 e. The lowest BCUT2D eigenvalue weighted by molar-refractivity contribution is -0.116. The number of hydrogen-bond acceptors (Lipinski definition) is 7. The third kappa shape index (κ3) is 2.90. The first-order chi connectivity index (χ1) is 14.0. The molecular weight excluding hydrogens is 390 g/mol. The average Bonchev–Trinajstić information content (AvgIpc) is 3.35. The molecule has 1 aliphatic heterocycles. The van der Waals surface area contributed by atoms with Gasteiger partial charge in [-0.25, -0.2) is 9.48 Å². The number of anilines is 2. The highest BCUT2D eigenvalue weighted by atomic mass is 32.1. The van der Waals surface area contributed by atoms with Gasteiger partial charge in [-0.3, -0.25) is 4.79 Å². The lowest BCUT2D eigenvalue weighted by Crippen LogP contribution is -2.33. The fourth-order valence-corrected chi connectivity index (χ4v) is 4.90. The minimum Gasteiger partial charge on any atom is -0.478 e. The van der Waals surface area contributed by atoms with Gasteiger partial charge in [0, 0.05) is 28.5 Å². The molecular formula is C20H17N5O3S. The number of rotatable bonds is 3. The van der Waals surface area contributed by atoms with Crippen molar-refractivity contribution in [3.8, 4) is 0 Å². The molecule has 5 rings (SSSR count). The number of benzene rings is 1. The molecule has 0 saturated carbocycles. The first-order valence-electron chi connectivity index (χ1n) is 9.13. The SMILES string of the molecule is Nc1nc2n(n1)[C@@H](c1ccc(C(=O)O)cc1)C1=C(C[C@@H](c3cccs3)CC1=O)N2. The fraction of sp³-hybridized carbons (Fsp3) is 0.200. The van der Waals surface area contributed by atoms with Crippen LogP contribution in [0.2, 0.25) is 0 Å². The van der Waals surface area contributed by atoms with Crippen LogP contribution in [0.3, 0.4) is 0 Å². The van der Waals surface area contributed by atoms with Gasteiger partial charge in [0.05, 0.1) is 5.56 Å². The van der Waals surface area contributed by atoms with Gasteiger partial charge in [0.1, 0.15) is 6.04 Å². The molecule has 0 fully saturated rings. The molecule has 3 aromatic rings. The van der Waals surface area contributed by atoms with Gasteiger partial charge in [0.2, 0.25) is 11.9 Å². The molecule has 2 aliphatic rings. The zero-order valence-corrected chi connectivity index (χ0v) is 16.0. The topological polar surface area (TPSA) is 123 Å². The van der Waals surface area contributed by atoms with E-state index in [9.17, 15) is 14.7 Å². The molecule has 8 nitrogen and oxygen atoms in total. The highest BCUT2D eigenvalue weighted by molar-refractivity contribution is 7.10. The fourth-order valence-electron chi connectivity index (χ4n) is 4.07. The van der Waals surface area contributed by atoms with Crippen molar-refractivity contribution >= 4 is 35.0 Å². The Morgan fingerprint density at radius 2 is 2.03 bits per heavy atom. The molecule has 1 aliphatic carbocycles. The first-order valence-corrected chi connectivity index (χ1v) is 10.0. The van der Waals surface area contributed by atoms with E-state index in [4.69, 9.17) is 5.73 Å². The van der Waals surface area contributed by atoms with Crippen LogP contribution in [0.4, 0.5) is 11.9 Å². The Morgan fingerprint density at radius 3 is 2.72 bits per heavy atom. The summed E-state index contributed by atoms with van der Waals surface area (Å²) in [5, 5.41) is 18.7. The van der Waals surface area contributed by atoms with Gasteiger partial charge < -0.3 is 16.2 Å². The number of fused-ring (bicyclic) bond motifs is 1. The van der Waals surface area contributed by atoms with E-state index in [-0.39, 0.29) is 23.2 Å². The number of allylic oxidation sites excluding steroid dienone is 2. The van der Waals surface area contributed by atoms with Crippen LogP contribution in [0, 0.1) is 0 Å². The molecule has 0 radical (unpaired) electrons. The number of nitrogens with zero attached hydrogens (tertiary/aromatic N) is 3. The quantitative estimate of drug-likeness (QED) is 0.610. The van der Waals surface area contributed by atoms with E-state index in [0.29, 0.717) is 24.4 Å². The minimum atomic E-state index is -1.00. The lowest BCUT2D eigenvalue weighted by Gasteiger charge is -2.34. The summed E-state index contributed by atoms with van der Waals surface area (Å²) >= 11 is 1.65. The van der Waals surface area contributed by atoms with Crippen molar-refractivity contribution in [2.45, 2.75) is 24.8 Å². The van der Waals surface area contributed by atoms with E-state index in [1.165, 1.54) is 17.0 Å². The molecule has 0 spiro atoms. The Hall–Kier alpha value is -3.46. The number of nitrogens with two attached hydrogens (primary N) is 1. The Balaban J connectivity index is 1.61. The van der Waals surface area contributed by atoms with E-state index in [2.05, 4.69) is 21.5 Å². The predicted octanol–water partition coefficient (Wildman–Crippen LogP) is 3.04. The van der Waals surface area contributed by atoms with Crippen molar-refractivity contribution in [1.82, 2.24) is 14.8 Å². The number of carbonyl (C=O) groups is 2. The van der Waals surface area contributed by atoms with E-state index in [1.807, 2.05) is 11.4 Å². The van der Waals surface area contributed by atoms with Crippen molar-refractivity contribution in [2.75, 3.05) is 11.1 Å². The molecule has 0 bridgehead atoms. The van der Waals surface area contributed by atoms with Crippen LogP contribution in [0.15, 0.2) is 53.0 Å². The first kappa shape index (κ1) is 17.6. The van der Waals surface area contributed by atoms with E-state index >= 15 is 0 Å². The van der Waals surface area contributed by atoms with Crippen LogP contribution in [-0.4, -0.2) is 31.6 Å². The van der Waals surface area contributed by atoms with Crippen LogP contribution < -0.4 is 11.1 Å². The molecule has 29 heavy (non-hydrogen) atoms. The molecule has 1 aromatic carbocycles. The van der Waals surface area contributed by atoms with Crippen molar-refractivity contribution in [3.05, 3.63) is 69.1 Å². The molecule has 4 N–H and O–H groups in total. The van der Waals surface area contributed by atoms with Crippen LogP contribution in [0.5, 0.6) is 0 Å². The van der Waals surface area contributed by atoms with Gasteiger partial charge in [0.15, 0.2) is 5.78 Å². The third-order valence-corrected chi connectivity index (χ3v) is 6.39. The number of nitrogens with one attached hydrogen (secondary N) is 1. The summed E-state index contributed by atoms with van der Waals surface area (Å²) in [7, 11) is 0. The van der Waals surface area contributed by atoms with Crippen LogP contribution in [-0.2, 0) is 4.79 Å². The molecule has 146 valence electrons. The second-order valence-corrected chi connectivity index (χ2v) is 8.11. The number of aromatic nitrogens is 3. The average molecular weight is 407 g/mol. The van der Waals surface area contributed by atoms with Gasteiger partial charge in [-0.1, -0.05) is 18.2 Å². The highest BCUT2D eigenvalue weighted by Gasteiger charge is 2.39. The molecule has 0 amide bonds. The number of aromatic carboxylic acids is 1. The van der Waals surface area contributed by atoms with E-state index in [0.717, 1.165) is 11.3 Å². The predicted molar refractivity (Wildman–Crippen MR) is 108 cm³/mol. The molecule has 0 saturated heterocycles. The summed E-state index contributed by atoms with van der Waals surface area (Å²) in [5.41, 5.74) is 8.24. The second-order valence-electron chi connectivity index (χ2n) is 7.13. The summed E-state index contributed by atoms with van der Waals surface area (Å²) in [5.74, 6) is -0.241. The van der Waals surface area contributed by atoms with Gasteiger partial charge >= 0.3 is 5.97 Å². The van der Waals surface area contributed by atoms with Crippen LogP contribution in [0.25, 0.3) is 0 Å². The number of ketones is 1. The highest BCUT2D eigenvalue weighted by Crippen LogP contribution is 2.44. The number of hydrogen-bond donors (Lipinski definition) is 3. The molecule has 2 atom stereocenters. The van der Waals surface area contributed by atoms with Crippen molar-refractivity contribution < 1.29 is 14.7 Å². The van der Waals surface area contributed by atoms with Gasteiger partial charge in [0.25, 0.3) is 0 Å². The number of carboxylic acids is 1. The van der Waals surface area contributed by atoms with Crippen molar-refractivity contribution in [2.24, 2.45) is 0 Å². The maximum absolute atomic E-state index is 13.2. The zero-order chi connectivity index (χ0) is 20.1. The summed E-state index contributed by atoms with van der Waals surface area (Å²) < 4.78 is 1.60. The van der Waals surface area contributed by atoms with Gasteiger partial charge in [-0.15, -0.1) is 16.4 Å². The second kappa shape index (κ2) is 6.56. The molecule has 9 heteroatoms. The number of Topliss-reactive ketones (excluding diaryl/α,β-unsaturated/α-hetero) is 1. The molecule has 2 aromatic heterocycles. The van der Waals surface area contributed by atoms with Crippen molar-refractivity contribution in [1.29, 1.82) is 0 Å². The summed E-state index contributed by atoms with van der Waals surface area (Å²) in [6.07, 6.45) is 1.11. The summed E-state index contributed by atoms with van der Waals surface area (Å²) in [4.78, 5) is 29.9. The number of nitrogen functional groups attached to an aromatic ring is 1. The normalized spacial score (nSPS) is 20.8. The number of thiophene rings is 1. The number of carbonyl (C=O) groups excluding carboxylic acids is 1. The van der Waals surface area contributed by atoms with E-state index < -0.39 is 12.0 Å². The Kier molecular flexibility index (Phi) is 3.99. The molecule has 3 heterocycles.